The Morgan fingerprint density at radius 2 is 1.95 bits per heavy atom. The van der Waals surface area contributed by atoms with Gasteiger partial charge in [-0.3, -0.25) is 4.99 Å². The zero-order valence-electron chi connectivity index (χ0n) is 12.2. The van der Waals surface area contributed by atoms with Crippen LogP contribution in [0.1, 0.15) is 6.92 Å². The molecule has 1 aromatic carbocycles. The minimum Gasteiger partial charge on any atom is -0.459 e. The van der Waals surface area contributed by atoms with Crippen LogP contribution in [-0.2, 0) is 0 Å². The molecule has 4 aliphatic heterocycles. The molecule has 3 heteroatoms. The number of hydrogen-bond acceptors (Lipinski definition) is 3. The molecule has 4 aliphatic rings. The van der Waals surface area contributed by atoms with Gasteiger partial charge in [0, 0.05) is 34.1 Å². The van der Waals surface area contributed by atoms with Gasteiger partial charge in [-0.1, -0.05) is 12.2 Å². The highest BCUT2D eigenvalue weighted by Crippen LogP contribution is 2.37. The molecule has 0 radical (unpaired) electrons. The first-order chi connectivity index (χ1) is 10.8. The number of fused-ring (bicyclic) bond motifs is 3. The largest absolute Gasteiger partial charge is 0.459 e. The van der Waals surface area contributed by atoms with E-state index in [1.165, 1.54) is 0 Å². The Morgan fingerprint density at radius 1 is 1.05 bits per heavy atom. The standard InChI is InChI=1S/C19H14N2O/c1-13-11-15-16-12-14-5-4-10-21-9-3-2-8-19(14,21)22-18(16)7-6-17(15)20-13/h2-12H,1H3. The summed E-state index contributed by atoms with van der Waals surface area (Å²) in [5.41, 5.74) is 2.64. The number of rotatable bonds is 0. The lowest BCUT2D eigenvalue weighted by atomic mass is 9.92. The van der Waals surface area contributed by atoms with Crippen molar-refractivity contribution in [3.8, 4) is 5.75 Å². The van der Waals surface area contributed by atoms with Crippen molar-refractivity contribution < 1.29 is 4.74 Å². The molecule has 0 saturated carbocycles. The van der Waals surface area contributed by atoms with Gasteiger partial charge >= 0.3 is 0 Å². The molecule has 4 heterocycles. The van der Waals surface area contributed by atoms with E-state index in [-0.39, 0.29) is 0 Å². The molecule has 0 aromatic heterocycles. The van der Waals surface area contributed by atoms with E-state index in [2.05, 4.69) is 40.3 Å². The summed E-state index contributed by atoms with van der Waals surface area (Å²) in [5.74, 6) is 0.900. The quantitative estimate of drug-likeness (QED) is 0.731. The molecule has 1 unspecified atom stereocenters. The fraction of sp³-hybridized carbons (Fsp3) is 0.105. The lowest BCUT2D eigenvalue weighted by molar-refractivity contribution is 0.0456. The van der Waals surface area contributed by atoms with Gasteiger partial charge in [-0.2, -0.15) is 0 Å². The van der Waals surface area contributed by atoms with Gasteiger partial charge in [-0.05, 0) is 49.4 Å². The molecular formula is C19H14N2O. The van der Waals surface area contributed by atoms with E-state index in [9.17, 15) is 0 Å². The summed E-state index contributed by atoms with van der Waals surface area (Å²) in [4.78, 5) is 6.66. The Labute approximate surface area is 128 Å². The summed E-state index contributed by atoms with van der Waals surface area (Å²) >= 11 is 0. The predicted molar refractivity (Wildman–Crippen MR) is 88.1 cm³/mol. The zero-order valence-corrected chi connectivity index (χ0v) is 12.2. The number of aliphatic imine (C=N–C) groups is 1. The molecule has 0 saturated heterocycles. The van der Waals surface area contributed by atoms with Gasteiger partial charge in [-0.15, -0.1) is 0 Å². The molecule has 0 bridgehead atoms. The Bertz CT molecular complexity index is 975. The van der Waals surface area contributed by atoms with Crippen LogP contribution in [0.2, 0.25) is 0 Å². The zero-order chi connectivity index (χ0) is 14.7. The second kappa shape index (κ2) is 3.89. The van der Waals surface area contributed by atoms with Crippen molar-refractivity contribution >= 4 is 23.6 Å². The van der Waals surface area contributed by atoms with Crippen LogP contribution in [0.15, 0.2) is 65.5 Å². The molecule has 1 aromatic rings. The van der Waals surface area contributed by atoms with Gasteiger partial charge in [0.05, 0.1) is 5.69 Å². The van der Waals surface area contributed by atoms with Crippen molar-refractivity contribution in [1.82, 2.24) is 4.90 Å². The Balaban J connectivity index is 1.81. The molecule has 0 fully saturated rings. The van der Waals surface area contributed by atoms with Gasteiger partial charge in [0.25, 0.3) is 0 Å². The number of nitrogens with zero attached hydrogens (tertiary/aromatic N) is 2. The van der Waals surface area contributed by atoms with Gasteiger partial charge < -0.3 is 9.64 Å². The van der Waals surface area contributed by atoms with Crippen LogP contribution in [0.4, 0.5) is 5.69 Å². The molecule has 22 heavy (non-hydrogen) atoms. The fourth-order valence-corrected chi connectivity index (χ4v) is 3.43. The summed E-state index contributed by atoms with van der Waals surface area (Å²) < 4.78 is 6.45. The normalized spacial score (nSPS) is 25.8. The molecule has 0 aliphatic carbocycles. The highest BCUT2D eigenvalue weighted by molar-refractivity contribution is 6.12. The van der Waals surface area contributed by atoms with E-state index in [4.69, 9.17) is 4.74 Å². The van der Waals surface area contributed by atoms with E-state index in [1.807, 2.05) is 43.6 Å². The molecule has 106 valence electrons. The van der Waals surface area contributed by atoms with Crippen LogP contribution in [0.25, 0.3) is 12.2 Å². The average molecular weight is 286 g/mol. The highest BCUT2D eigenvalue weighted by Gasteiger charge is 2.42. The third-order valence-corrected chi connectivity index (χ3v) is 4.44. The SMILES string of the molecule is CC1=Nc2ccc3c(c2=C1)=CC1=CC=CN2C=CC=CC12O3. The van der Waals surface area contributed by atoms with Crippen molar-refractivity contribution in [2.45, 2.75) is 12.6 Å². The van der Waals surface area contributed by atoms with Crippen molar-refractivity contribution in [3.05, 3.63) is 70.9 Å². The lowest BCUT2D eigenvalue weighted by Gasteiger charge is -2.44. The van der Waals surface area contributed by atoms with E-state index >= 15 is 0 Å². The highest BCUT2D eigenvalue weighted by atomic mass is 16.5. The van der Waals surface area contributed by atoms with Gasteiger partial charge in [0.1, 0.15) is 5.75 Å². The number of allylic oxidation sites excluding steroid dienone is 4. The van der Waals surface area contributed by atoms with Crippen molar-refractivity contribution in [2.24, 2.45) is 4.99 Å². The van der Waals surface area contributed by atoms with Crippen molar-refractivity contribution in [2.75, 3.05) is 0 Å². The maximum absolute atomic E-state index is 6.45. The fourth-order valence-electron chi connectivity index (χ4n) is 3.43. The van der Waals surface area contributed by atoms with Crippen molar-refractivity contribution in [1.29, 1.82) is 0 Å². The van der Waals surface area contributed by atoms with Crippen LogP contribution >= 0.6 is 0 Å². The summed E-state index contributed by atoms with van der Waals surface area (Å²) in [7, 11) is 0. The second-order valence-corrected chi connectivity index (χ2v) is 5.82. The predicted octanol–water partition coefficient (Wildman–Crippen LogP) is 2.28. The summed E-state index contributed by atoms with van der Waals surface area (Å²) in [6, 6.07) is 4.06. The number of benzene rings is 1. The Hall–Kier alpha value is -2.81. The molecule has 0 N–H and O–H groups in total. The maximum atomic E-state index is 6.45. The second-order valence-electron chi connectivity index (χ2n) is 5.82. The third kappa shape index (κ3) is 1.38. The van der Waals surface area contributed by atoms with Crippen LogP contribution in [0.5, 0.6) is 5.75 Å². The molecule has 3 nitrogen and oxygen atoms in total. The first kappa shape index (κ1) is 11.8. The molecule has 5 rings (SSSR count). The molecule has 1 spiro atoms. The summed E-state index contributed by atoms with van der Waals surface area (Å²) in [6.07, 6.45) is 18.7. The average Bonchev–Trinajstić information content (AvgIpc) is 2.92. The number of hydrogen-bond donors (Lipinski definition) is 0. The van der Waals surface area contributed by atoms with Gasteiger partial charge in [0.15, 0.2) is 0 Å². The smallest absolute Gasteiger partial charge is 0.232 e. The first-order valence-electron chi connectivity index (χ1n) is 7.40. The monoisotopic (exact) mass is 286 g/mol. The lowest BCUT2D eigenvalue weighted by Crippen LogP contribution is -2.53. The number of ether oxygens (including phenoxy) is 1. The molecule has 0 amide bonds. The molecule has 1 atom stereocenters. The molecular weight excluding hydrogens is 272 g/mol. The summed E-state index contributed by atoms with van der Waals surface area (Å²) in [5, 5.41) is 2.27. The minimum absolute atomic E-state index is 0.556. The van der Waals surface area contributed by atoms with Crippen LogP contribution < -0.4 is 15.2 Å². The van der Waals surface area contributed by atoms with E-state index in [1.54, 1.807) is 0 Å². The Morgan fingerprint density at radius 3 is 2.91 bits per heavy atom. The summed E-state index contributed by atoms with van der Waals surface area (Å²) in [6.45, 7) is 2.02. The van der Waals surface area contributed by atoms with Gasteiger partial charge in [0.2, 0.25) is 5.72 Å². The maximum Gasteiger partial charge on any atom is 0.232 e. The topological polar surface area (TPSA) is 24.8 Å². The minimum atomic E-state index is -0.556. The van der Waals surface area contributed by atoms with Crippen molar-refractivity contribution in [3.63, 3.8) is 0 Å². The van der Waals surface area contributed by atoms with Crippen LogP contribution in [-0.4, -0.2) is 16.3 Å². The van der Waals surface area contributed by atoms with E-state index in [0.717, 1.165) is 33.2 Å². The van der Waals surface area contributed by atoms with E-state index < -0.39 is 5.72 Å². The first-order valence-corrected chi connectivity index (χ1v) is 7.40. The van der Waals surface area contributed by atoms with Gasteiger partial charge in [-0.25, -0.2) is 0 Å². The Kier molecular flexibility index (Phi) is 2.09. The van der Waals surface area contributed by atoms with Crippen LogP contribution in [0.3, 0.4) is 0 Å². The third-order valence-electron chi connectivity index (χ3n) is 4.44. The van der Waals surface area contributed by atoms with Crippen LogP contribution in [0, 0.1) is 0 Å². The van der Waals surface area contributed by atoms with E-state index in [0.29, 0.717) is 0 Å².